The Morgan fingerprint density at radius 1 is 1.57 bits per heavy atom. The topological polar surface area (TPSA) is 35.8 Å². The van der Waals surface area contributed by atoms with Crippen molar-refractivity contribution < 1.29 is 0 Å². The fourth-order valence-electron chi connectivity index (χ4n) is 1.46. The second kappa shape index (κ2) is 3.62. The molecular formula is C11H11BrN2. The van der Waals surface area contributed by atoms with E-state index >= 15 is 0 Å². The average molecular weight is 251 g/mol. The second-order valence-corrected chi connectivity index (χ2v) is 4.68. The number of hydrogen-bond donors (Lipinski definition) is 1. The van der Waals surface area contributed by atoms with Gasteiger partial charge in [-0.2, -0.15) is 5.26 Å². The van der Waals surface area contributed by atoms with Crippen LogP contribution in [0.1, 0.15) is 18.9 Å². The van der Waals surface area contributed by atoms with E-state index in [0.29, 0.717) is 11.6 Å². The molecule has 2 atom stereocenters. The molecule has 1 aliphatic rings. The summed E-state index contributed by atoms with van der Waals surface area (Å²) in [5, 5.41) is 12.3. The van der Waals surface area contributed by atoms with Crippen LogP contribution in [0, 0.1) is 17.2 Å². The summed E-state index contributed by atoms with van der Waals surface area (Å²) in [7, 11) is 0. The van der Waals surface area contributed by atoms with E-state index in [1.54, 1.807) is 0 Å². The summed E-state index contributed by atoms with van der Waals surface area (Å²) in [5.74, 6) is 0.737. The first-order valence-electron chi connectivity index (χ1n) is 4.67. The molecule has 14 heavy (non-hydrogen) atoms. The fraction of sp³-hybridized carbons (Fsp3) is 0.364. The smallest absolute Gasteiger partial charge is 0.101 e. The Morgan fingerprint density at radius 3 is 2.86 bits per heavy atom. The van der Waals surface area contributed by atoms with Gasteiger partial charge in [-0.3, -0.25) is 0 Å². The molecule has 1 saturated carbocycles. The Balaban J connectivity index is 2.22. The van der Waals surface area contributed by atoms with Crippen LogP contribution >= 0.6 is 15.9 Å². The van der Waals surface area contributed by atoms with Crippen LogP contribution in [-0.4, -0.2) is 6.04 Å². The molecule has 2 nitrogen and oxygen atoms in total. The molecule has 0 heterocycles. The number of benzene rings is 1. The predicted molar refractivity (Wildman–Crippen MR) is 60.0 cm³/mol. The lowest BCUT2D eigenvalue weighted by molar-refractivity contribution is 0.929. The first-order chi connectivity index (χ1) is 6.70. The van der Waals surface area contributed by atoms with E-state index in [1.165, 1.54) is 6.42 Å². The highest BCUT2D eigenvalue weighted by atomic mass is 79.9. The van der Waals surface area contributed by atoms with Gasteiger partial charge in [-0.05, 0) is 30.5 Å². The van der Waals surface area contributed by atoms with Crippen LogP contribution in [0.2, 0.25) is 0 Å². The molecule has 0 radical (unpaired) electrons. The third kappa shape index (κ3) is 1.91. The van der Waals surface area contributed by atoms with E-state index < -0.39 is 0 Å². The summed E-state index contributed by atoms with van der Waals surface area (Å²) in [4.78, 5) is 0. The second-order valence-electron chi connectivity index (χ2n) is 3.77. The van der Waals surface area contributed by atoms with Crippen molar-refractivity contribution in [3.05, 3.63) is 28.2 Å². The fourth-order valence-corrected chi connectivity index (χ4v) is 1.82. The van der Waals surface area contributed by atoms with Crippen LogP contribution in [0.4, 0.5) is 5.69 Å². The molecule has 1 aromatic carbocycles. The van der Waals surface area contributed by atoms with Crippen molar-refractivity contribution in [3.8, 4) is 6.07 Å². The first kappa shape index (κ1) is 9.54. The first-order valence-corrected chi connectivity index (χ1v) is 5.46. The van der Waals surface area contributed by atoms with Crippen molar-refractivity contribution in [1.29, 1.82) is 5.26 Å². The van der Waals surface area contributed by atoms with Crippen LogP contribution in [0.25, 0.3) is 0 Å². The Bertz CT molecular complexity index is 395. The van der Waals surface area contributed by atoms with Gasteiger partial charge >= 0.3 is 0 Å². The van der Waals surface area contributed by atoms with Gasteiger partial charge in [-0.25, -0.2) is 0 Å². The van der Waals surface area contributed by atoms with Crippen LogP contribution in [0.5, 0.6) is 0 Å². The third-order valence-electron chi connectivity index (χ3n) is 2.55. The standard InChI is InChI=1S/C11H11BrN2/c1-7-4-10(7)14-11-5-9(12)3-2-8(11)6-13/h2-3,5,7,10,14H,4H2,1H3. The number of nitrogens with one attached hydrogen (secondary N) is 1. The Labute approximate surface area is 92.1 Å². The summed E-state index contributed by atoms with van der Waals surface area (Å²) in [5.41, 5.74) is 1.66. The number of anilines is 1. The van der Waals surface area contributed by atoms with Crippen molar-refractivity contribution in [2.45, 2.75) is 19.4 Å². The number of nitriles is 1. The minimum atomic E-state index is 0.552. The Kier molecular flexibility index (Phi) is 2.47. The summed E-state index contributed by atoms with van der Waals surface area (Å²) >= 11 is 3.40. The lowest BCUT2D eigenvalue weighted by Crippen LogP contribution is -2.04. The predicted octanol–water partition coefficient (Wildman–Crippen LogP) is 3.14. The number of hydrogen-bond acceptors (Lipinski definition) is 2. The monoisotopic (exact) mass is 250 g/mol. The molecule has 0 amide bonds. The summed E-state index contributed by atoms with van der Waals surface area (Å²) < 4.78 is 1.01. The van der Waals surface area contributed by atoms with Gasteiger partial charge in [0.05, 0.1) is 11.3 Å². The molecule has 1 aliphatic carbocycles. The molecule has 2 unspecified atom stereocenters. The van der Waals surface area contributed by atoms with Gasteiger partial charge in [0.25, 0.3) is 0 Å². The maximum atomic E-state index is 8.90. The summed E-state index contributed by atoms with van der Waals surface area (Å²) in [6.45, 7) is 2.21. The highest BCUT2D eigenvalue weighted by Crippen LogP contribution is 2.34. The van der Waals surface area contributed by atoms with Crippen molar-refractivity contribution in [3.63, 3.8) is 0 Å². The van der Waals surface area contributed by atoms with E-state index in [2.05, 4.69) is 34.2 Å². The third-order valence-corrected chi connectivity index (χ3v) is 3.05. The zero-order chi connectivity index (χ0) is 10.1. The molecule has 3 heteroatoms. The van der Waals surface area contributed by atoms with Gasteiger partial charge in [-0.15, -0.1) is 0 Å². The van der Waals surface area contributed by atoms with E-state index in [0.717, 1.165) is 16.1 Å². The van der Waals surface area contributed by atoms with Crippen LogP contribution in [-0.2, 0) is 0 Å². The summed E-state index contributed by atoms with van der Waals surface area (Å²) in [6, 6.07) is 8.42. The number of nitrogens with zero attached hydrogens (tertiary/aromatic N) is 1. The quantitative estimate of drug-likeness (QED) is 0.876. The van der Waals surface area contributed by atoms with Gasteiger partial charge in [0.1, 0.15) is 6.07 Å². The molecule has 1 aromatic rings. The van der Waals surface area contributed by atoms with Crippen LogP contribution in [0.3, 0.4) is 0 Å². The highest BCUT2D eigenvalue weighted by molar-refractivity contribution is 9.10. The minimum absolute atomic E-state index is 0.552. The van der Waals surface area contributed by atoms with Gasteiger partial charge in [0.2, 0.25) is 0 Å². The molecule has 2 rings (SSSR count). The molecule has 0 aromatic heterocycles. The van der Waals surface area contributed by atoms with Crippen molar-refractivity contribution >= 4 is 21.6 Å². The molecule has 0 aliphatic heterocycles. The molecule has 0 saturated heterocycles. The molecule has 1 fully saturated rings. The maximum absolute atomic E-state index is 8.90. The zero-order valence-electron chi connectivity index (χ0n) is 7.92. The number of rotatable bonds is 2. The van der Waals surface area contributed by atoms with Gasteiger partial charge in [0.15, 0.2) is 0 Å². The minimum Gasteiger partial charge on any atom is -0.381 e. The van der Waals surface area contributed by atoms with E-state index in [1.807, 2.05) is 18.2 Å². The van der Waals surface area contributed by atoms with Crippen LogP contribution < -0.4 is 5.32 Å². The highest BCUT2D eigenvalue weighted by Gasteiger charge is 2.32. The van der Waals surface area contributed by atoms with Crippen molar-refractivity contribution in [1.82, 2.24) is 0 Å². The molecular weight excluding hydrogens is 240 g/mol. The Morgan fingerprint density at radius 2 is 2.29 bits per heavy atom. The summed E-state index contributed by atoms with van der Waals surface area (Å²) in [6.07, 6.45) is 1.21. The molecule has 72 valence electrons. The van der Waals surface area contributed by atoms with Gasteiger partial charge in [0, 0.05) is 10.5 Å². The molecule has 1 N–H and O–H groups in total. The maximum Gasteiger partial charge on any atom is 0.101 e. The van der Waals surface area contributed by atoms with Gasteiger partial charge < -0.3 is 5.32 Å². The van der Waals surface area contributed by atoms with Crippen LogP contribution in [0.15, 0.2) is 22.7 Å². The number of halogens is 1. The van der Waals surface area contributed by atoms with Crippen molar-refractivity contribution in [2.75, 3.05) is 5.32 Å². The SMILES string of the molecule is CC1CC1Nc1cc(Br)ccc1C#N. The van der Waals surface area contributed by atoms with E-state index in [4.69, 9.17) is 5.26 Å². The normalized spacial score (nSPS) is 24.1. The average Bonchev–Trinajstić information content (AvgIpc) is 2.82. The molecule has 0 spiro atoms. The van der Waals surface area contributed by atoms with E-state index in [-0.39, 0.29) is 0 Å². The van der Waals surface area contributed by atoms with Gasteiger partial charge in [-0.1, -0.05) is 22.9 Å². The van der Waals surface area contributed by atoms with Crippen molar-refractivity contribution in [2.24, 2.45) is 5.92 Å². The lowest BCUT2D eigenvalue weighted by atomic mass is 10.2. The zero-order valence-corrected chi connectivity index (χ0v) is 9.51. The molecule has 0 bridgehead atoms. The lowest BCUT2D eigenvalue weighted by Gasteiger charge is -2.07. The Hall–Kier alpha value is -1.01. The largest absolute Gasteiger partial charge is 0.381 e. The van der Waals surface area contributed by atoms with E-state index in [9.17, 15) is 0 Å².